The number of carbonyl (C=O) groups is 2. The van der Waals surface area contributed by atoms with Crippen molar-refractivity contribution in [1.82, 2.24) is 5.32 Å². The Labute approximate surface area is 151 Å². The van der Waals surface area contributed by atoms with Crippen molar-refractivity contribution in [3.8, 4) is 0 Å². The van der Waals surface area contributed by atoms with Gasteiger partial charge in [0.25, 0.3) is 0 Å². The molecule has 1 unspecified atom stereocenters. The van der Waals surface area contributed by atoms with Crippen molar-refractivity contribution in [3.63, 3.8) is 0 Å². The van der Waals surface area contributed by atoms with Crippen LogP contribution in [0.5, 0.6) is 0 Å². The molecule has 1 aromatic rings. The standard InChI is InChI=1S/C18H24F2N2O4/c1-5-25-16(23)12-6-7-13(15(20)14(12)19)22-9-8-11(10-22)21-17(24)26-18(2,3)4/h6-7,11H,5,8-10H2,1-4H3,(H,21,24). The number of rotatable bonds is 4. The second kappa shape index (κ2) is 7.88. The molecule has 1 N–H and O–H groups in total. The minimum atomic E-state index is -1.23. The first-order valence-electron chi connectivity index (χ1n) is 8.52. The Morgan fingerprint density at radius 3 is 2.58 bits per heavy atom. The van der Waals surface area contributed by atoms with Crippen LogP contribution >= 0.6 is 0 Å². The van der Waals surface area contributed by atoms with Crippen LogP contribution in [0, 0.1) is 11.6 Å². The molecule has 0 spiro atoms. The predicted octanol–water partition coefficient (Wildman–Crippen LogP) is 3.24. The molecule has 1 fully saturated rings. The van der Waals surface area contributed by atoms with Crippen LogP contribution in [0.2, 0.25) is 0 Å². The van der Waals surface area contributed by atoms with E-state index in [0.29, 0.717) is 19.5 Å². The van der Waals surface area contributed by atoms with Crippen molar-refractivity contribution in [1.29, 1.82) is 0 Å². The number of esters is 1. The Morgan fingerprint density at radius 2 is 1.96 bits per heavy atom. The molecule has 1 aliphatic heterocycles. The van der Waals surface area contributed by atoms with Crippen molar-refractivity contribution in [3.05, 3.63) is 29.3 Å². The molecular formula is C18H24F2N2O4. The molecule has 0 radical (unpaired) electrons. The largest absolute Gasteiger partial charge is 0.462 e. The van der Waals surface area contributed by atoms with Gasteiger partial charge in [-0.3, -0.25) is 0 Å². The van der Waals surface area contributed by atoms with Crippen LogP contribution in [0.4, 0.5) is 19.3 Å². The van der Waals surface area contributed by atoms with Gasteiger partial charge in [-0.15, -0.1) is 0 Å². The Hall–Kier alpha value is -2.38. The molecule has 1 saturated heterocycles. The number of carbonyl (C=O) groups excluding carboxylic acids is 2. The molecule has 1 aromatic carbocycles. The highest BCUT2D eigenvalue weighted by atomic mass is 19.2. The lowest BCUT2D eigenvalue weighted by atomic mass is 10.1. The summed E-state index contributed by atoms with van der Waals surface area (Å²) >= 11 is 0. The van der Waals surface area contributed by atoms with Crippen molar-refractivity contribution in [2.45, 2.75) is 45.8 Å². The molecule has 1 aliphatic rings. The zero-order valence-electron chi connectivity index (χ0n) is 15.4. The average molecular weight is 370 g/mol. The molecule has 1 atom stereocenters. The molecule has 0 saturated carbocycles. The number of halogens is 2. The normalized spacial score (nSPS) is 17.2. The summed E-state index contributed by atoms with van der Waals surface area (Å²) in [5.41, 5.74) is -1.000. The van der Waals surface area contributed by atoms with Gasteiger partial charge in [0.2, 0.25) is 0 Å². The topological polar surface area (TPSA) is 67.9 Å². The zero-order valence-corrected chi connectivity index (χ0v) is 15.4. The van der Waals surface area contributed by atoms with E-state index in [0.717, 1.165) is 0 Å². The molecule has 26 heavy (non-hydrogen) atoms. The van der Waals surface area contributed by atoms with Gasteiger partial charge in [0.1, 0.15) is 5.60 Å². The van der Waals surface area contributed by atoms with E-state index in [1.54, 1.807) is 32.6 Å². The molecule has 1 amide bonds. The van der Waals surface area contributed by atoms with Crippen LogP contribution < -0.4 is 10.2 Å². The number of alkyl carbamates (subject to hydrolysis) is 1. The maximum absolute atomic E-state index is 14.4. The van der Waals surface area contributed by atoms with Gasteiger partial charge >= 0.3 is 12.1 Å². The van der Waals surface area contributed by atoms with Gasteiger partial charge < -0.3 is 19.7 Å². The van der Waals surface area contributed by atoms with E-state index in [9.17, 15) is 18.4 Å². The van der Waals surface area contributed by atoms with Gasteiger partial charge in [-0.1, -0.05) is 0 Å². The molecular weight excluding hydrogens is 346 g/mol. The second-order valence-corrected chi connectivity index (χ2v) is 7.06. The molecule has 0 aromatic heterocycles. The van der Waals surface area contributed by atoms with Crippen LogP contribution in [0.1, 0.15) is 44.5 Å². The summed E-state index contributed by atoms with van der Waals surface area (Å²) < 4.78 is 38.5. The molecule has 6 nitrogen and oxygen atoms in total. The Kier molecular flexibility index (Phi) is 6.05. The number of nitrogens with one attached hydrogen (secondary N) is 1. The Bertz CT molecular complexity index is 689. The molecule has 1 heterocycles. The van der Waals surface area contributed by atoms with E-state index in [4.69, 9.17) is 9.47 Å². The summed E-state index contributed by atoms with van der Waals surface area (Å²) in [5.74, 6) is -3.24. The maximum atomic E-state index is 14.4. The Balaban J connectivity index is 2.05. The Morgan fingerprint density at radius 1 is 1.27 bits per heavy atom. The van der Waals surface area contributed by atoms with E-state index < -0.39 is 34.9 Å². The predicted molar refractivity (Wildman–Crippen MR) is 92.3 cm³/mol. The minimum Gasteiger partial charge on any atom is -0.462 e. The lowest BCUT2D eigenvalue weighted by Gasteiger charge is -2.23. The zero-order chi connectivity index (χ0) is 19.5. The van der Waals surface area contributed by atoms with Gasteiger partial charge in [0, 0.05) is 13.1 Å². The summed E-state index contributed by atoms with van der Waals surface area (Å²) in [6.45, 7) is 7.70. The van der Waals surface area contributed by atoms with Gasteiger partial charge in [0.15, 0.2) is 11.6 Å². The van der Waals surface area contributed by atoms with Crippen LogP contribution in [0.15, 0.2) is 12.1 Å². The third kappa shape index (κ3) is 4.83. The first-order chi connectivity index (χ1) is 12.1. The summed E-state index contributed by atoms with van der Waals surface area (Å²) in [7, 11) is 0. The quantitative estimate of drug-likeness (QED) is 0.824. The van der Waals surface area contributed by atoms with Crippen molar-refractivity contribution < 1.29 is 27.8 Å². The smallest absolute Gasteiger partial charge is 0.407 e. The summed E-state index contributed by atoms with van der Waals surface area (Å²) in [4.78, 5) is 25.1. The number of hydrogen-bond donors (Lipinski definition) is 1. The van der Waals surface area contributed by atoms with Gasteiger partial charge in [-0.05, 0) is 46.2 Å². The number of hydrogen-bond acceptors (Lipinski definition) is 5. The van der Waals surface area contributed by atoms with Crippen molar-refractivity contribution in [2.75, 3.05) is 24.6 Å². The van der Waals surface area contributed by atoms with Crippen LogP contribution in [0.25, 0.3) is 0 Å². The fourth-order valence-corrected chi connectivity index (χ4v) is 2.72. The summed E-state index contributed by atoms with van der Waals surface area (Å²) in [6.07, 6.45) is 0.0218. The fourth-order valence-electron chi connectivity index (χ4n) is 2.72. The average Bonchev–Trinajstić information content (AvgIpc) is 2.96. The number of amides is 1. The first-order valence-corrected chi connectivity index (χ1v) is 8.52. The van der Waals surface area contributed by atoms with E-state index in [-0.39, 0.29) is 18.3 Å². The number of nitrogens with zero attached hydrogens (tertiary/aromatic N) is 1. The summed E-state index contributed by atoms with van der Waals surface area (Å²) in [6, 6.07) is 2.32. The molecule has 0 aliphatic carbocycles. The fraction of sp³-hybridized carbons (Fsp3) is 0.556. The molecule has 2 rings (SSSR count). The van der Waals surface area contributed by atoms with E-state index >= 15 is 0 Å². The third-order valence-corrected chi connectivity index (χ3v) is 3.81. The van der Waals surface area contributed by atoms with E-state index in [1.807, 2.05) is 0 Å². The highest BCUT2D eigenvalue weighted by molar-refractivity contribution is 5.90. The highest BCUT2D eigenvalue weighted by Crippen LogP contribution is 2.27. The summed E-state index contributed by atoms with van der Waals surface area (Å²) in [5, 5.41) is 2.72. The molecule has 0 bridgehead atoms. The number of anilines is 1. The second-order valence-electron chi connectivity index (χ2n) is 7.06. The van der Waals surface area contributed by atoms with Crippen molar-refractivity contribution >= 4 is 17.7 Å². The monoisotopic (exact) mass is 370 g/mol. The number of ether oxygens (including phenoxy) is 2. The maximum Gasteiger partial charge on any atom is 0.407 e. The van der Waals surface area contributed by atoms with Crippen LogP contribution in [-0.2, 0) is 9.47 Å². The number of benzene rings is 1. The lowest BCUT2D eigenvalue weighted by molar-refractivity contribution is 0.0502. The van der Waals surface area contributed by atoms with Crippen molar-refractivity contribution in [2.24, 2.45) is 0 Å². The highest BCUT2D eigenvalue weighted by Gasteiger charge is 2.29. The van der Waals surface area contributed by atoms with Gasteiger partial charge in [-0.2, -0.15) is 0 Å². The lowest BCUT2D eigenvalue weighted by Crippen LogP contribution is -2.40. The van der Waals surface area contributed by atoms with Gasteiger partial charge in [-0.25, -0.2) is 18.4 Å². The van der Waals surface area contributed by atoms with Crippen LogP contribution in [0.3, 0.4) is 0 Å². The SMILES string of the molecule is CCOC(=O)c1ccc(N2CCC(NC(=O)OC(C)(C)C)C2)c(F)c1F. The third-order valence-electron chi connectivity index (χ3n) is 3.81. The van der Waals surface area contributed by atoms with Crippen LogP contribution in [-0.4, -0.2) is 43.4 Å². The molecule has 144 valence electrons. The minimum absolute atomic E-state index is 0.0454. The first kappa shape index (κ1) is 19.9. The van der Waals surface area contributed by atoms with E-state index in [2.05, 4.69) is 5.32 Å². The molecule has 8 heteroatoms. The van der Waals surface area contributed by atoms with Gasteiger partial charge in [0.05, 0.1) is 23.9 Å². The van der Waals surface area contributed by atoms with E-state index in [1.165, 1.54) is 12.1 Å².